The first kappa shape index (κ1) is 18.9. The van der Waals surface area contributed by atoms with Gasteiger partial charge in [-0.1, -0.05) is 18.2 Å². The van der Waals surface area contributed by atoms with Crippen LogP contribution in [0, 0.1) is 6.92 Å². The molecule has 5 aromatic rings. The number of nitrogens with zero attached hydrogens (tertiary/aromatic N) is 6. The first-order valence-corrected chi connectivity index (χ1v) is 10.3. The van der Waals surface area contributed by atoms with Crippen molar-refractivity contribution in [3.8, 4) is 22.8 Å². The van der Waals surface area contributed by atoms with Crippen LogP contribution in [0.2, 0.25) is 0 Å². The van der Waals surface area contributed by atoms with Gasteiger partial charge in [-0.2, -0.15) is 10.1 Å². The number of carbonyl (C=O) groups is 1. The first-order valence-electron chi connectivity index (χ1n) is 9.40. The smallest absolute Gasteiger partial charge is 0.261 e. The van der Waals surface area contributed by atoms with Crippen LogP contribution in [0.25, 0.3) is 22.0 Å². The maximum atomic E-state index is 12.8. The number of hydrogen-bond acceptors (Lipinski definition) is 7. The second-order valence-corrected chi connectivity index (χ2v) is 7.49. The predicted octanol–water partition coefficient (Wildman–Crippen LogP) is 3.61. The number of carbonyl (C=O) groups excluding carboxylic acids is 1. The van der Waals surface area contributed by atoms with Gasteiger partial charge < -0.3 is 4.74 Å². The van der Waals surface area contributed by atoms with E-state index in [2.05, 4.69) is 25.5 Å². The normalized spacial score (nSPS) is 11.0. The SMILES string of the molecule is COc1ccccc1-c1csc2nc(NC(=O)c3cnn(-c4ccccn4)c3C)nn12. The molecule has 0 aliphatic heterocycles. The van der Waals surface area contributed by atoms with Crippen LogP contribution in [0.4, 0.5) is 5.95 Å². The summed E-state index contributed by atoms with van der Waals surface area (Å²) in [6.45, 7) is 1.82. The number of fused-ring (bicyclic) bond motifs is 1. The molecule has 1 N–H and O–H groups in total. The van der Waals surface area contributed by atoms with Gasteiger partial charge in [-0.15, -0.1) is 16.4 Å². The van der Waals surface area contributed by atoms with E-state index in [1.54, 1.807) is 22.5 Å². The number of aromatic nitrogens is 6. The van der Waals surface area contributed by atoms with Gasteiger partial charge in [-0.25, -0.2) is 14.2 Å². The van der Waals surface area contributed by atoms with E-state index >= 15 is 0 Å². The van der Waals surface area contributed by atoms with Gasteiger partial charge in [0.05, 0.1) is 30.3 Å². The Hall–Kier alpha value is -4.05. The number of ether oxygens (including phenoxy) is 1. The number of pyridine rings is 1. The number of anilines is 1. The minimum Gasteiger partial charge on any atom is -0.496 e. The van der Waals surface area contributed by atoms with Crippen molar-refractivity contribution in [3.05, 3.63) is 71.5 Å². The molecule has 0 atom stereocenters. The molecule has 9 nitrogen and oxygen atoms in total. The second kappa shape index (κ2) is 7.65. The summed E-state index contributed by atoms with van der Waals surface area (Å²) in [5.74, 6) is 1.26. The summed E-state index contributed by atoms with van der Waals surface area (Å²) in [7, 11) is 1.63. The van der Waals surface area contributed by atoms with Gasteiger partial charge in [0.15, 0.2) is 5.82 Å². The zero-order valence-electron chi connectivity index (χ0n) is 16.7. The quantitative estimate of drug-likeness (QED) is 0.456. The Morgan fingerprint density at radius 3 is 2.81 bits per heavy atom. The van der Waals surface area contributed by atoms with Crippen LogP contribution < -0.4 is 10.1 Å². The highest BCUT2D eigenvalue weighted by Gasteiger charge is 2.19. The molecule has 0 saturated carbocycles. The monoisotopic (exact) mass is 431 g/mol. The number of para-hydroxylation sites is 1. The number of hydrogen-bond donors (Lipinski definition) is 1. The van der Waals surface area contributed by atoms with Crippen LogP contribution in [0.3, 0.4) is 0 Å². The zero-order valence-corrected chi connectivity index (χ0v) is 17.5. The van der Waals surface area contributed by atoms with Gasteiger partial charge in [0, 0.05) is 17.1 Å². The number of amides is 1. The van der Waals surface area contributed by atoms with E-state index in [1.165, 1.54) is 17.5 Å². The lowest BCUT2D eigenvalue weighted by Crippen LogP contribution is -2.14. The fraction of sp³-hybridized carbons (Fsp3) is 0.0952. The van der Waals surface area contributed by atoms with Gasteiger partial charge in [0.2, 0.25) is 4.96 Å². The van der Waals surface area contributed by atoms with E-state index in [-0.39, 0.29) is 11.9 Å². The van der Waals surface area contributed by atoms with Crippen molar-refractivity contribution in [1.82, 2.24) is 29.4 Å². The number of benzene rings is 1. The molecule has 154 valence electrons. The minimum absolute atomic E-state index is 0.220. The Morgan fingerprint density at radius 2 is 2.00 bits per heavy atom. The molecule has 0 unspecified atom stereocenters. The average Bonchev–Trinajstić information content (AvgIpc) is 3.48. The van der Waals surface area contributed by atoms with Gasteiger partial charge in [0.1, 0.15) is 5.75 Å². The maximum Gasteiger partial charge on any atom is 0.261 e. The molecular formula is C21H17N7O2S. The fourth-order valence-electron chi connectivity index (χ4n) is 3.29. The molecule has 0 fully saturated rings. The number of thiazole rings is 1. The molecule has 4 heterocycles. The van der Waals surface area contributed by atoms with E-state index in [0.717, 1.165) is 17.0 Å². The average molecular weight is 431 g/mol. The predicted molar refractivity (Wildman–Crippen MR) is 117 cm³/mol. The molecule has 0 aliphatic carbocycles. The van der Waals surface area contributed by atoms with E-state index in [9.17, 15) is 4.79 Å². The Labute approximate surface area is 181 Å². The first-order chi connectivity index (χ1) is 15.2. The summed E-state index contributed by atoms with van der Waals surface area (Å²) in [5.41, 5.74) is 2.83. The topological polar surface area (TPSA) is 99.2 Å². The van der Waals surface area contributed by atoms with E-state index in [0.29, 0.717) is 22.0 Å². The summed E-state index contributed by atoms with van der Waals surface area (Å²) < 4.78 is 8.77. The lowest BCUT2D eigenvalue weighted by Gasteiger charge is -2.06. The van der Waals surface area contributed by atoms with Gasteiger partial charge in [0.25, 0.3) is 11.9 Å². The third-order valence-electron chi connectivity index (χ3n) is 4.81. The van der Waals surface area contributed by atoms with Crippen molar-refractivity contribution >= 4 is 28.2 Å². The maximum absolute atomic E-state index is 12.8. The van der Waals surface area contributed by atoms with Gasteiger partial charge in [-0.05, 0) is 31.2 Å². The molecule has 1 aromatic carbocycles. The highest BCUT2D eigenvalue weighted by molar-refractivity contribution is 7.15. The second-order valence-electron chi connectivity index (χ2n) is 6.65. The van der Waals surface area contributed by atoms with Crippen LogP contribution in [0.15, 0.2) is 60.2 Å². The summed E-state index contributed by atoms with van der Waals surface area (Å²) >= 11 is 1.43. The number of rotatable bonds is 5. The highest BCUT2D eigenvalue weighted by atomic mass is 32.1. The van der Waals surface area contributed by atoms with E-state index < -0.39 is 0 Å². The third-order valence-corrected chi connectivity index (χ3v) is 5.63. The third kappa shape index (κ3) is 3.32. The van der Waals surface area contributed by atoms with Crippen LogP contribution in [-0.4, -0.2) is 42.4 Å². The summed E-state index contributed by atoms with van der Waals surface area (Å²) in [4.78, 5) is 22.2. The lowest BCUT2D eigenvalue weighted by molar-refractivity contribution is 0.102. The molecule has 31 heavy (non-hydrogen) atoms. The number of methoxy groups -OCH3 is 1. The Bertz CT molecular complexity index is 1390. The van der Waals surface area contributed by atoms with Crippen molar-refractivity contribution in [1.29, 1.82) is 0 Å². The molecule has 1 amide bonds. The largest absolute Gasteiger partial charge is 0.496 e. The Balaban J connectivity index is 1.44. The molecule has 5 rings (SSSR count). The molecule has 0 saturated heterocycles. The van der Waals surface area contributed by atoms with E-state index in [1.807, 2.05) is 54.8 Å². The minimum atomic E-state index is -0.336. The van der Waals surface area contributed by atoms with Crippen LogP contribution in [0.5, 0.6) is 5.75 Å². The zero-order chi connectivity index (χ0) is 21.4. The molecule has 0 spiro atoms. The lowest BCUT2D eigenvalue weighted by atomic mass is 10.1. The molecule has 0 radical (unpaired) electrons. The molecule has 4 aromatic heterocycles. The standard InChI is InChI=1S/C21H17N7O2S/c1-13-15(11-23-27(13)18-9-5-6-10-22-18)19(29)24-20-25-21-28(26-20)16(12-31-21)14-7-3-4-8-17(14)30-2/h3-12H,1-2H3,(H,24,26,29). The van der Waals surface area contributed by atoms with Crippen molar-refractivity contribution < 1.29 is 9.53 Å². The van der Waals surface area contributed by atoms with Crippen molar-refractivity contribution in [2.45, 2.75) is 6.92 Å². The van der Waals surface area contributed by atoms with Crippen LogP contribution >= 0.6 is 11.3 Å². The van der Waals surface area contributed by atoms with Crippen molar-refractivity contribution in [2.24, 2.45) is 0 Å². The summed E-state index contributed by atoms with van der Waals surface area (Å²) in [6.07, 6.45) is 3.19. The highest BCUT2D eigenvalue weighted by Crippen LogP contribution is 2.32. The summed E-state index contributed by atoms with van der Waals surface area (Å²) in [5, 5.41) is 13.5. The molecular weight excluding hydrogens is 414 g/mol. The van der Waals surface area contributed by atoms with Gasteiger partial charge >= 0.3 is 0 Å². The fourth-order valence-corrected chi connectivity index (χ4v) is 4.11. The number of nitrogens with one attached hydrogen (secondary N) is 1. The van der Waals surface area contributed by atoms with Crippen molar-refractivity contribution in [3.63, 3.8) is 0 Å². The van der Waals surface area contributed by atoms with Crippen LogP contribution in [-0.2, 0) is 0 Å². The molecule has 0 aliphatic rings. The van der Waals surface area contributed by atoms with Crippen molar-refractivity contribution in [2.75, 3.05) is 12.4 Å². The Kier molecular flexibility index (Phi) is 4.68. The van der Waals surface area contributed by atoms with E-state index in [4.69, 9.17) is 4.74 Å². The van der Waals surface area contributed by atoms with Gasteiger partial charge in [-0.3, -0.25) is 10.1 Å². The molecule has 0 bridgehead atoms. The summed E-state index contributed by atoms with van der Waals surface area (Å²) in [6, 6.07) is 13.2. The van der Waals surface area contributed by atoms with Crippen LogP contribution in [0.1, 0.15) is 16.1 Å². The molecule has 10 heteroatoms. The Morgan fingerprint density at radius 1 is 1.16 bits per heavy atom.